The number of anilines is 1. The van der Waals surface area contributed by atoms with E-state index in [4.69, 9.17) is 0 Å². The van der Waals surface area contributed by atoms with Crippen LogP contribution in [0.1, 0.15) is 5.69 Å². The van der Waals surface area contributed by atoms with Gasteiger partial charge in [-0.2, -0.15) is 0 Å². The van der Waals surface area contributed by atoms with Crippen molar-refractivity contribution in [2.45, 2.75) is 6.54 Å². The first-order chi connectivity index (χ1) is 10.3. The number of nitrogens with one attached hydrogen (secondary N) is 2. The van der Waals surface area contributed by atoms with Crippen molar-refractivity contribution in [3.05, 3.63) is 53.1 Å². The third-order valence-corrected chi connectivity index (χ3v) is 4.36. The molecule has 2 N–H and O–H groups in total. The summed E-state index contributed by atoms with van der Waals surface area (Å²) in [5.74, 6) is 0. The Hall–Kier alpha value is -2.25. The highest BCUT2D eigenvalue weighted by Crippen LogP contribution is 2.24. The first-order valence-electron chi connectivity index (χ1n) is 6.25. The van der Waals surface area contributed by atoms with Crippen molar-refractivity contribution < 1.29 is 4.79 Å². The van der Waals surface area contributed by atoms with E-state index in [0.29, 0.717) is 6.54 Å². The van der Waals surface area contributed by atoms with Gasteiger partial charge in [-0.15, -0.1) is 22.7 Å². The zero-order chi connectivity index (χ0) is 14.5. The molecule has 0 radical (unpaired) electrons. The van der Waals surface area contributed by atoms with Crippen LogP contribution in [0.15, 0.2) is 47.4 Å². The van der Waals surface area contributed by atoms with Gasteiger partial charge in [0.2, 0.25) is 0 Å². The third-order valence-electron chi connectivity index (χ3n) is 2.70. The number of thiophene rings is 2. The fourth-order valence-corrected chi connectivity index (χ4v) is 3.14. The molecule has 3 aromatic heterocycles. The number of hydrogen-bond acceptors (Lipinski definition) is 5. The molecule has 5 nitrogen and oxygen atoms in total. The van der Waals surface area contributed by atoms with E-state index in [1.807, 2.05) is 35.0 Å². The van der Waals surface area contributed by atoms with Crippen molar-refractivity contribution in [1.82, 2.24) is 15.3 Å². The average molecular weight is 316 g/mol. The number of carbonyl (C=O) groups is 1. The molecule has 106 valence electrons. The Morgan fingerprint density at radius 3 is 2.67 bits per heavy atom. The average Bonchev–Trinajstić information content (AvgIpc) is 3.18. The van der Waals surface area contributed by atoms with Crippen LogP contribution in [0, 0.1) is 0 Å². The number of nitrogens with zero attached hydrogens (tertiary/aromatic N) is 2. The Morgan fingerprint density at radius 1 is 1.10 bits per heavy atom. The molecule has 0 atom stereocenters. The zero-order valence-corrected chi connectivity index (χ0v) is 12.6. The van der Waals surface area contributed by atoms with Gasteiger partial charge in [0.1, 0.15) is 5.69 Å². The Kier molecular flexibility index (Phi) is 4.23. The van der Waals surface area contributed by atoms with Gasteiger partial charge in [0, 0.05) is 12.4 Å². The number of carbonyl (C=O) groups excluding carboxylic acids is 1. The molecule has 0 fully saturated rings. The van der Waals surface area contributed by atoms with Gasteiger partial charge in [0.15, 0.2) is 0 Å². The van der Waals surface area contributed by atoms with Crippen LogP contribution in [0.2, 0.25) is 0 Å². The summed E-state index contributed by atoms with van der Waals surface area (Å²) in [5, 5.41) is 10.3. The monoisotopic (exact) mass is 316 g/mol. The second-order valence-electron chi connectivity index (χ2n) is 4.11. The van der Waals surface area contributed by atoms with E-state index < -0.39 is 0 Å². The lowest BCUT2D eigenvalue weighted by Crippen LogP contribution is -2.28. The fraction of sp³-hybridized carbons (Fsp3) is 0.0714. The fourth-order valence-electron chi connectivity index (χ4n) is 1.79. The summed E-state index contributed by atoms with van der Waals surface area (Å²) < 4.78 is 0. The zero-order valence-electron chi connectivity index (χ0n) is 10.9. The molecule has 0 aromatic carbocycles. The Morgan fingerprint density at radius 2 is 1.90 bits per heavy atom. The molecule has 0 aliphatic rings. The molecule has 7 heteroatoms. The van der Waals surface area contributed by atoms with Gasteiger partial charge in [-0.25, -0.2) is 4.79 Å². The van der Waals surface area contributed by atoms with Gasteiger partial charge < -0.3 is 5.32 Å². The summed E-state index contributed by atoms with van der Waals surface area (Å²) in [6.45, 7) is 0.332. The van der Waals surface area contributed by atoms with Crippen LogP contribution in [-0.2, 0) is 6.54 Å². The van der Waals surface area contributed by atoms with Crippen LogP contribution >= 0.6 is 22.7 Å². The predicted molar refractivity (Wildman–Crippen MR) is 85.5 cm³/mol. The first kappa shape index (κ1) is 13.7. The van der Waals surface area contributed by atoms with Crippen LogP contribution in [0.25, 0.3) is 10.6 Å². The number of rotatable bonds is 4. The number of urea groups is 1. The van der Waals surface area contributed by atoms with Crippen molar-refractivity contribution in [2.75, 3.05) is 5.32 Å². The topological polar surface area (TPSA) is 66.9 Å². The summed E-state index contributed by atoms with van der Waals surface area (Å²) in [4.78, 5) is 21.5. The smallest absolute Gasteiger partial charge is 0.320 e. The van der Waals surface area contributed by atoms with Crippen molar-refractivity contribution >= 4 is 33.7 Å². The Bertz CT molecular complexity index is 710. The molecule has 0 aliphatic carbocycles. The summed E-state index contributed by atoms with van der Waals surface area (Å²) in [5.41, 5.74) is 1.56. The predicted octanol–water partition coefficient (Wildman–Crippen LogP) is 3.59. The van der Waals surface area contributed by atoms with Crippen LogP contribution in [0.4, 0.5) is 9.80 Å². The molecule has 0 aliphatic heterocycles. The van der Waals surface area contributed by atoms with Crippen LogP contribution < -0.4 is 10.6 Å². The van der Waals surface area contributed by atoms with Gasteiger partial charge in [0.25, 0.3) is 0 Å². The van der Waals surface area contributed by atoms with E-state index in [2.05, 4.69) is 20.6 Å². The first-order valence-corrected chi connectivity index (χ1v) is 8.01. The second-order valence-corrected chi connectivity index (χ2v) is 6.01. The third kappa shape index (κ3) is 3.45. The van der Waals surface area contributed by atoms with Crippen molar-refractivity contribution in [2.24, 2.45) is 0 Å². The lowest BCUT2D eigenvalue weighted by Gasteiger charge is -2.08. The van der Waals surface area contributed by atoms with Gasteiger partial charge in [-0.3, -0.25) is 15.3 Å². The number of hydrogen-bond donors (Lipinski definition) is 2. The van der Waals surface area contributed by atoms with Gasteiger partial charge in [-0.1, -0.05) is 6.07 Å². The molecule has 0 saturated carbocycles. The minimum absolute atomic E-state index is 0.250. The maximum Gasteiger partial charge on any atom is 0.320 e. The van der Waals surface area contributed by atoms with Gasteiger partial charge in [-0.05, 0) is 29.0 Å². The lowest BCUT2D eigenvalue weighted by molar-refractivity contribution is 0.251. The number of amides is 2. The van der Waals surface area contributed by atoms with E-state index in [1.165, 1.54) is 11.3 Å². The largest absolute Gasteiger partial charge is 0.332 e. The summed E-state index contributed by atoms with van der Waals surface area (Å²) in [7, 11) is 0. The Balaban J connectivity index is 1.67. The molecule has 0 unspecified atom stereocenters. The van der Waals surface area contributed by atoms with E-state index in [0.717, 1.165) is 21.3 Å². The van der Waals surface area contributed by atoms with Crippen LogP contribution in [-0.4, -0.2) is 16.0 Å². The molecular weight excluding hydrogens is 304 g/mol. The minimum Gasteiger partial charge on any atom is -0.332 e. The molecule has 0 bridgehead atoms. The van der Waals surface area contributed by atoms with Crippen LogP contribution in [0.5, 0.6) is 0 Å². The van der Waals surface area contributed by atoms with Crippen molar-refractivity contribution in [1.29, 1.82) is 0 Å². The maximum atomic E-state index is 11.8. The molecule has 0 spiro atoms. The molecule has 3 heterocycles. The van der Waals surface area contributed by atoms with E-state index >= 15 is 0 Å². The highest BCUT2D eigenvalue weighted by Gasteiger charge is 2.10. The standard InChI is InChI=1S/C14H12N4OS2/c19-14(18-12-4-2-8-21-12)17-9-10-13(16-6-5-15-10)11-3-1-7-20-11/h1-8H,9H2,(H2,17,18,19). The summed E-state index contributed by atoms with van der Waals surface area (Å²) in [6, 6.07) is 7.45. The molecule has 0 saturated heterocycles. The van der Waals surface area contributed by atoms with Crippen molar-refractivity contribution in [3.8, 4) is 10.6 Å². The van der Waals surface area contributed by atoms with Crippen LogP contribution in [0.3, 0.4) is 0 Å². The maximum absolute atomic E-state index is 11.8. The van der Waals surface area contributed by atoms with E-state index in [9.17, 15) is 4.79 Å². The minimum atomic E-state index is -0.250. The SMILES string of the molecule is O=C(NCc1nccnc1-c1cccs1)Nc1cccs1. The van der Waals surface area contributed by atoms with Gasteiger partial charge >= 0.3 is 6.03 Å². The molecular formula is C14H12N4OS2. The second kappa shape index (κ2) is 6.47. The van der Waals surface area contributed by atoms with E-state index in [1.54, 1.807) is 23.7 Å². The number of aromatic nitrogens is 2. The molecule has 21 heavy (non-hydrogen) atoms. The summed E-state index contributed by atoms with van der Waals surface area (Å²) in [6.07, 6.45) is 3.29. The lowest BCUT2D eigenvalue weighted by atomic mass is 10.2. The summed E-state index contributed by atoms with van der Waals surface area (Å²) >= 11 is 3.07. The van der Waals surface area contributed by atoms with Gasteiger partial charge in [0.05, 0.1) is 22.1 Å². The van der Waals surface area contributed by atoms with E-state index in [-0.39, 0.29) is 6.03 Å². The molecule has 3 aromatic rings. The Labute approximate surface area is 129 Å². The quantitative estimate of drug-likeness (QED) is 0.773. The highest BCUT2D eigenvalue weighted by molar-refractivity contribution is 7.14. The van der Waals surface area contributed by atoms with Crippen molar-refractivity contribution in [3.63, 3.8) is 0 Å². The molecule has 2 amide bonds. The highest BCUT2D eigenvalue weighted by atomic mass is 32.1. The molecule has 3 rings (SSSR count). The normalized spacial score (nSPS) is 10.3.